The second kappa shape index (κ2) is 7.56. The number of piperidine rings is 3. The molecular weight excluding hydrogens is 376 g/mol. The number of methoxy groups -OCH3 is 1. The Balaban J connectivity index is 1.34. The summed E-state index contributed by atoms with van der Waals surface area (Å²) in [5, 5.41) is 8.73. The standard InChI is InChI=1S/C24H34N4O2/c1-24(2,3)22-25-26-23(30-22)27-13-16-12-18(15-27)21-7-5-6-20(28(21)14-16)17-8-10-19(29-4)11-9-17/h8-11,16,18,20-21H,5-7,12-15H2,1-4H3/t16-,18+,20+,21-/m0/s1. The first-order valence-electron chi connectivity index (χ1n) is 11.4. The van der Waals surface area contributed by atoms with Gasteiger partial charge in [-0.15, -0.1) is 5.10 Å². The van der Waals surface area contributed by atoms with Gasteiger partial charge in [-0.3, -0.25) is 4.90 Å². The normalized spacial score (nSPS) is 29.5. The molecule has 3 aliphatic heterocycles. The van der Waals surface area contributed by atoms with Crippen molar-refractivity contribution in [3.63, 3.8) is 0 Å². The van der Waals surface area contributed by atoms with Crippen molar-refractivity contribution in [2.75, 3.05) is 31.6 Å². The first-order chi connectivity index (χ1) is 14.4. The van der Waals surface area contributed by atoms with E-state index in [1.807, 2.05) is 0 Å². The van der Waals surface area contributed by atoms with Crippen molar-refractivity contribution in [3.8, 4) is 5.75 Å². The lowest BCUT2D eigenvalue weighted by Gasteiger charge is -2.55. The van der Waals surface area contributed by atoms with Gasteiger partial charge < -0.3 is 14.1 Å². The summed E-state index contributed by atoms with van der Waals surface area (Å²) in [5.41, 5.74) is 1.33. The largest absolute Gasteiger partial charge is 0.497 e. The maximum Gasteiger partial charge on any atom is 0.318 e. The molecule has 3 aliphatic rings. The van der Waals surface area contributed by atoms with Crippen molar-refractivity contribution in [3.05, 3.63) is 35.7 Å². The van der Waals surface area contributed by atoms with Crippen molar-refractivity contribution < 1.29 is 9.15 Å². The zero-order valence-electron chi connectivity index (χ0n) is 18.7. The van der Waals surface area contributed by atoms with Gasteiger partial charge in [-0.2, -0.15) is 0 Å². The van der Waals surface area contributed by atoms with Crippen LogP contribution in [0.25, 0.3) is 0 Å². The fraction of sp³-hybridized carbons (Fsp3) is 0.667. The van der Waals surface area contributed by atoms with Crippen molar-refractivity contribution in [2.24, 2.45) is 11.8 Å². The average molecular weight is 411 g/mol. The Morgan fingerprint density at radius 1 is 1.03 bits per heavy atom. The highest BCUT2D eigenvalue weighted by molar-refractivity contribution is 5.31. The number of aromatic nitrogens is 2. The number of hydrogen-bond donors (Lipinski definition) is 0. The molecule has 0 spiro atoms. The SMILES string of the molecule is COc1ccc([C@H]2CCC[C@H]3[C@@H]4C[C@@H](CN(c5nnc(C(C)(C)C)o5)C4)CN23)cc1. The fourth-order valence-electron chi connectivity index (χ4n) is 5.79. The molecule has 0 amide bonds. The fourth-order valence-corrected chi connectivity index (χ4v) is 5.79. The van der Waals surface area contributed by atoms with Crippen molar-refractivity contribution in [1.29, 1.82) is 0 Å². The number of nitrogens with zero attached hydrogens (tertiary/aromatic N) is 4. The molecule has 0 saturated carbocycles. The van der Waals surface area contributed by atoms with Crippen LogP contribution in [0.5, 0.6) is 5.75 Å². The van der Waals surface area contributed by atoms with E-state index in [0.717, 1.165) is 31.3 Å². The van der Waals surface area contributed by atoms with Crippen molar-refractivity contribution >= 4 is 6.01 Å². The van der Waals surface area contributed by atoms with Gasteiger partial charge in [0.15, 0.2) is 0 Å². The predicted molar refractivity (Wildman–Crippen MR) is 117 cm³/mol. The summed E-state index contributed by atoms with van der Waals surface area (Å²) in [6.07, 6.45) is 5.18. The summed E-state index contributed by atoms with van der Waals surface area (Å²) < 4.78 is 11.4. The van der Waals surface area contributed by atoms with E-state index in [9.17, 15) is 0 Å². The summed E-state index contributed by atoms with van der Waals surface area (Å²) in [4.78, 5) is 5.17. The summed E-state index contributed by atoms with van der Waals surface area (Å²) >= 11 is 0. The molecule has 30 heavy (non-hydrogen) atoms. The van der Waals surface area contributed by atoms with E-state index < -0.39 is 0 Å². The third-order valence-corrected chi connectivity index (χ3v) is 7.21. The number of fused-ring (bicyclic) bond motifs is 4. The van der Waals surface area contributed by atoms with E-state index >= 15 is 0 Å². The van der Waals surface area contributed by atoms with Gasteiger partial charge in [0.2, 0.25) is 5.89 Å². The zero-order valence-corrected chi connectivity index (χ0v) is 18.7. The van der Waals surface area contributed by atoms with Crippen molar-refractivity contribution in [1.82, 2.24) is 15.1 Å². The van der Waals surface area contributed by atoms with Gasteiger partial charge in [-0.25, -0.2) is 0 Å². The van der Waals surface area contributed by atoms with E-state index in [1.165, 1.54) is 31.2 Å². The van der Waals surface area contributed by atoms with E-state index in [1.54, 1.807) is 7.11 Å². The number of hydrogen-bond acceptors (Lipinski definition) is 6. The monoisotopic (exact) mass is 410 g/mol. The van der Waals surface area contributed by atoms with Crippen LogP contribution in [0.1, 0.15) is 64.0 Å². The Labute approximate surface area is 179 Å². The highest BCUT2D eigenvalue weighted by Crippen LogP contribution is 2.45. The van der Waals surface area contributed by atoms with Gasteiger partial charge in [0, 0.05) is 37.1 Å². The molecule has 6 heteroatoms. The van der Waals surface area contributed by atoms with Gasteiger partial charge in [0.25, 0.3) is 0 Å². The van der Waals surface area contributed by atoms with E-state index in [-0.39, 0.29) is 5.41 Å². The molecule has 5 rings (SSSR count). The van der Waals surface area contributed by atoms with Crippen molar-refractivity contribution in [2.45, 2.75) is 64.0 Å². The first-order valence-corrected chi connectivity index (χ1v) is 11.4. The molecule has 0 radical (unpaired) electrons. The molecule has 0 N–H and O–H groups in total. The minimum absolute atomic E-state index is 0.108. The van der Waals surface area contributed by atoms with E-state index in [2.05, 4.69) is 65.0 Å². The van der Waals surface area contributed by atoms with Crippen LogP contribution in [-0.2, 0) is 5.41 Å². The van der Waals surface area contributed by atoms with Gasteiger partial charge in [-0.1, -0.05) is 38.0 Å². The molecule has 3 saturated heterocycles. The van der Waals surface area contributed by atoms with Gasteiger partial charge in [0.05, 0.1) is 7.11 Å². The van der Waals surface area contributed by atoms with Crippen LogP contribution in [0.15, 0.2) is 28.7 Å². The van der Waals surface area contributed by atoms with E-state index in [4.69, 9.17) is 9.15 Å². The Morgan fingerprint density at radius 2 is 1.83 bits per heavy atom. The highest BCUT2D eigenvalue weighted by Gasteiger charge is 2.45. The molecule has 162 valence electrons. The summed E-state index contributed by atoms with van der Waals surface area (Å²) in [6.45, 7) is 9.56. The molecule has 0 aliphatic carbocycles. The molecule has 3 fully saturated rings. The van der Waals surface area contributed by atoms with Crippen LogP contribution in [0.2, 0.25) is 0 Å². The number of ether oxygens (including phenoxy) is 1. The first kappa shape index (κ1) is 19.9. The summed E-state index contributed by atoms with van der Waals surface area (Å²) in [5.74, 6) is 2.99. The smallest absolute Gasteiger partial charge is 0.318 e. The summed E-state index contributed by atoms with van der Waals surface area (Å²) in [7, 11) is 1.73. The second-order valence-electron chi connectivity index (χ2n) is 10.4. The zero-order chi connectivity index (χ0) is 20.9. The predicted octanol–water partition coefficient (Wildman–Crippen LogP) is 4.43. The van der Waals surface area contributed by atoms with Crippen LogP contribution >= 0.6 is 0 Å². The molecule has 1 aromatic heterocycles. The van der Waals surface area contributed by atoms with Crippen LogP contribution in [0.4, 0.5) is 6.01 Å². The van der Waals surface area contributed by atoms with Gasteiger partial charge >= 0.3 is 6.01 Å². The minimum atomic E-state index is -0.108. The Morgan fingerprint density at radius 3 is 2.53 bits per heavy atom. The number of rotatable bonds is 3. The molecule has 6 nitrogen and oxygen atoms in total. The van der Waals surface area contributed by atoms with Crippen LogP contribution in [0.3, 0.4) is 0 Å². The highest BCUT2D eigenvalue weighted by atomic mass is 16.5. The Kier molecular flexibility index (Phi) is 5.00. The maximum absolute atomic E-state index is 6.08. The van der Waals surface area contributed by atoms with E-state index in [0.29, 0.717) is 29.9 Å². The lowest BCUT2D eigenvalue weighted by Crippen LogP contribution is -2.59. The van der Waals surface area contributed by atoms with Gasteiger partial charge in [0.1, 0.15) is 5.75 Å². The Bertz CT molecular complexity index is 872. The second-order valence-corrected chi connectivity index (χ2v) is 10.4. The maximum atomic E-state index is 6.08. The van der Waals surface area contributed by atoms with Crippen LogP contribution in [0, 0.1) is 11.8 Å². The molecular formula is C24H34N4O2. The summed E-state index contributed by atoms with van der Waals surface area (Å²) in [6, 6.07) is 10.6. The van der Waals surface area contributed by atoms with Crippen LogP contribution in [-0.4, -0.2) is 47.9 Å². The molecule has 2 aromatic rings. The third-order valence-electron chi connectivity index (χ3n) is 7.21. The topological polar surface area (TPSA) is 54.6 Å². The van der Waals surface area contributed by atoms with Crippen LogP contribution < -0.4 is 9.64 Å². The molecule has 2 bridgehead atoms. The number of benzene rings is 1. The molecule has 1 aromatic carbocycles. The Hall–Kier alpha value is -2.08. The third kappa shape index (κ3) is 3.59. The lowest BCUT2D eigenvalue weighted by atomic mass is 9.74. The molecule has 4 atom stereocenters. The minimum Gasteiger partial charge on any atom is -0.497 e. The molecule has 0 unspecified atom stereocenters. The number of anilines is 1. The quantitative estimate of drug-likeness (QED) is 0.746. The lowest BCUT2D eigenvalue weighted by molar-refractivity contribution is -0.0207. The van der Waals surface area contributed by atoms with Gasteiger partial charge in [-0.05, 0) is 55.2 Å². The average Bonchev–Trinajstić information content (AvgIpc) is 3.24. The molecule has 4 heterocycles.